The van der Waals surface area contributed by atoms with Crippen molar-refractivity contribution in [3.63, 3.8) is 0 Å². The summed E-state index contributed by atoms with van der Waals surface area (Å²) < 4.78 is 71.2. The first-order chi connectivity index (χ1) is 52.0. The van der Waals surface area contributed by atoms with E-state index in [-0.39, 0.29) is 45.0 Å². The second-order valence-corrected chi connectivity index (χ2v) is 27.7. The number of nitrogens with one attached hydrogen (secondary N) is 3. The van der Waals surface area contributed by atoms with Crippen LogP contribution in [0.25, 0.3) is 116 Å². The van der Waals surface area contributed by atoms with Gasteiger partial charge in [0.1, 0.15) is 17.5 Å². The van der Waals surface area contributed by atoms with Crippen molar-refractivity contribution < 1.29 is 61.8 Å². The number of halogens is 3. The molecule has 6 aromatic heterocycles. The average molecular weight is 1440 g/mol. The Kier molecular flexibility index (Phi) is 18.0. The molecule has 8 heterocycles. The van der Waals surface area contributed by atoms with Gasteiger partial charge in [-0.2, -0.15) is 20.6 Å². The average Bonchev–Trinajstić information content (AvgIpc) is 1.57. The summed E-state index contributed by atoms with van der Waals surface area (Å²) in [6, 6.07) is 54.9. The first-order valence-electron chi connectivity index (χ1n) is 34.9. The standard InChI is InChI=1S/C29H26FN3O4.C28H21FN4O2.C27H22FN3O4/c1-36-17-29(10-12-37-13-11-29)27-26(18-2-4-19(5-3-18)28(34)35)23-15-24-20(16-31-32-24)14-25(23)33(27)22-8-6-21(30)7-9-22;29-20-6-8-21(9-7-20)33-24-14-19-16-31-32-23(19)15-22(24)25(17-2-4-18(5-3-17)27(34)35)26(33)28(12-13-30)10-1-11-28;1-34-13-27(14-35-15-27)25-24(16-2-4-17(5-3-16)26(32)33)21-11-22-18(12-29-30-22)10-23(21)31(25)20-8-6-19(28)7-9-20/h2-9,14-16H,10-13,17H2,1H3,(H,31,32)(H,34,35);2-9,14-16H,1,10-12H2,(H,31,32)(H,34,35);2-12H,13-15H2,1H3,(H,29,30)(H,32,33). The van der Waals surface area contributed by atoms with E-state index in [1.807, 2.05) is 36.4 Å². The molecule has 15 aromatic rings. The number of hydrogen-bond donors (Lipinski definition) is 6. The Labute approximate surface area is 608 Å². The van der Waals surface area contributed by atoms with Gasteiger partial charge in [-0.25, -0.2) is 27.6 Å². The van der Waals surface area contributed by atoms with Crippen LogP contribution in [0.15, 0.2) is 201 Å². The fourth-order valence-corrected chi connectivity index (χ4v) is 16.1. The van der Waals surface area contributed by atoms with Crippen LogP contribution >= 0.6 is 0 Å². The number of methoxy groups -OCH3 is 2. The second kappa shape index (κ2) is 27.9. The molecule has 0 amide bonds. The number of hydrogen-bond acceptors (Lipinski definition) is 11. The van der Waals surface area contributed by atoms with E-state index in [1.165, 1.54) is 36.4 Å². The predicted molar refractivity (Wildman–Crippen MR) is 400 cm³/mol. The molecule has 1 aliphatic carbocycles. The fourth-order valence-electron chi connectivity index (χ4n) is 16.1. The fraction of sp³-hybridized carbons (Fsp3) is 0.202. The van der Waals surface area contributed by atoms with Crippen LogP contribution in [-0.2, 0) is 35.2 Å². The zero-order valence-electron chi connectivity index (χ0n) is 58.0. The Morgan fingerprint density at radius 1 is 0.458 bits per heavy atom. The Morgan fingerprint density at radius 3 is 1.07 bits per heavy atom. The minimum atomic E-state index is -0.982. The van der Waals surface area contributed by atoms with Gasteiger partial charge in [-0.3, -0.25) is 15.3 Å². The van der Waals surface area contributed by atoms with E-state index in [2.05, 4.69) is 86.8 Å². The van der Waals surface area contributed by atoms with E-state index in [0.717, 1.165) is 165 Å². The van der Waals surface area contributed by atoms with Crippen LogP contribution in [0.4, 0.5) is 13.2 Å². The SMILES string of the molecule is COCC1(c2c(-c3ccc(C(=O)O)cc3)c3cc4[nH]ncc4cc3n2-c2ccc(F)cc2)CCOCC1.COCC1(c2c(-c3ccc(C(=O)O)cc3)c3cc4[nH]ncc4cc3n2-c2ccc(F)cc2)COC1.N#CCC1(c2c(-c3ccc(C(=O)O)cc3)c3cc4[nH]ncc4cc3n2-c2ccc(F)cc2)CCC1. The number of H-pyrrole nitrogens is 3. The number of benzene rings is 9. The number of nitrogens with zero attached hydrogens (tertiary/aromatic N) is 7. The van der Waals surface area contributed by atoms with Crippen LogP contribution in [0, 0.1) is 28.8 Å². The third-order valence-corrected chi connectivity index (χ3v) is 21.4. The quantitative estimate of drug-likeness (QED) is 0.0495. The number of aromatic amines is 3. The third kappa shape index (κ3) is 12.2. The Hall–Kier alpha value is -12.5. The van der Waals surface area contributed by atoms with Crippen LogP contribution < -0.4 is 0 Å². The summed E-state index contributed by atoms with van der Waals surface area (Å²) in [6.45, 7) is 3.04. The molecule has 3 aliphatic rings. The van der Waals surface area contributed by atoms with E-state index < -0.39 is 23.3 Å². The number of aromatic carboxylic acids is 3. The van der Waals surface area contributed by atoms with Crippen molar-refractivity contribution in [1.82, 2.24) is 44.3 Å². The molecule has 20 nitrogen and oxygen atoms in total. The smallest absolute Gasteiger partial charge is 0.335 e. The summed E-state index contributed by atoms with van der Waals surface area (Å²) >= 11 is 0. The molecule has 107 heavy (non-hydrogen) atoms. The van der Waals surface area contributed by atoms with Gasteiger partial charge in [0.05, 0.1) is 106 Å². The largest absolute Gasteiger partial charge is 0.478 e. The Balaban J connectivity index is 0.000000123. The highest BCUT2D eigenvalue weighted by Gasteiger charge is 2.48. The second-order valence-electron chi connectivity index (χ2n) is 27.7. The van der Waals surface area contributed by atoms with Gasteiger partial charge in [-0.1, -0.05) is 42.8 Å². The van der Waals surface area contributed by atoms with E-state index in [4.69, 9.17) is 18.9 Å². The number of aromatic nitrogens is 9. The van der Waals surface area contributed by atoms with E-state index in [1.54, 1.807) is 106 Å². The van der Waals surface area contributed by atoms with Crippen molar-refractivity contribution in [2.24, 2.45) is 0 Å². The topological polar surface area (TPSA) is 273 Å². The van der Waals surface area contributed by atoms with E-state index >= 15 is 0 Å². The lowest BCUT2D eigenvalue weighted by molar-refractivity contribution is -0.0938. The molecule has 2 aliphatic heterocycles. The molecule has 18 rings (SSSR count). The molecule has 536 valence electrons. The van der Waals surface area contributed by atoms with Crippen LogP contribution in [-0.4, -0.2) is 131 Å². The molecule has 0 bridgehead atoms. The molecule has 0 unspecified atom stereocenters. The monoisotopic (exact) mass is 1430 g/mol. The molecular formula is C84H69F3N10O10. The van der Waals surface area contributed by atoms with Gasteiger partial charge in [0.15, 0.2) is 0 Å². The molecule has 9 aromatic carbocycles. The molecule has 0 atom stereocenters. The lowest BCUT2D eigenvalue weighted by Crippen LogP contribution is -2.51. The van der Waals surface area contributed by atoms with E-state index in [0.29, 0.717) is 46.1 Å². The summed E-state index contributed by atoms with van der Waals surface area (Å²) in [7, 11) is 3.37. The summed E-state index contributed by atoms with van der Waals surface area (Å²) in [4.78, 5) is 34.5. The van der Waals surface area contributed by atoms with Crippen molar-refractivity contribution in [3.05, 3.63) is 252 Å². The van der Waals surface area contributed by atoms with Crippen molar-refractivity contribution in [2.75, 3.05) is 53.9 Å². The highest BCUT2D eigenvalue weighted by atomic mass is 19.1. The van der Waals surface area contributed by atoms with Crippen LogP contribution in [0.5, 0.6) is 0 Å². The number of rotatable bonds is 17. The molecule has 2 saturated heterocycles. The van der Waals surface area contributed by atoms with Gasteiger partial charge in [-0.15, -0.1) is 0 Å². The van der Waals surface area contributed by atoms with Gasteiger partial charge in [-0.05, 0) is 188 Å². The minimum Gasteiger partial charge on any atom is -0.478 e. The normalized spacial score (nSPS) is 15.0. The number of nitriles is 1. The van der Waals surface area contributed by atoms with Crippen LogP contribution in [0.3, 0.4) is 0 Å². The predicted octanol–water partition coefficient (Wildman–Crippen LogP) is 17.0. The maximum atomic E-state index is 14.0. The molecule has 3 fully saturated rings. The number of carboxylic acid groups (broad SMARTS) is 3. The number of ether oxygens (including phenoxy) is 4. The lowest BCUT2D eigenvalue weighted by atomic mass is 9.63. The summed E-state index contributed by atoms with van der Waals surface area (Å²) in [6.07, 6.45) is 9.96. The summed E-state index contributed by atoms with van der Waals surface area (Å²) in [5, 5.41) is 65.6. The molecule has 23 heteroatoms. The van der Waals surface area contributed by atoms with Crippen molar-refractivity contribution in [2.45, 2.75) is 54.8 Å². The van der Waals surface area contributed by atoms with Gasteiger partial charge in [0, 0.05) is 128 Å². The van der Waals surface area contributed by atoms with Gasteiger partial charge in [0.2, 0.25) is 0 Å². The molecule has 0 spiro atoms. The minimum absolute atomic E-state index is 0.212. The zero-order chi connectivity index (χ0) is 73.9. The zero-order valence-corrected chi connectivity index (χ0v) is 58.0. The third-order valence-electron chi connectivity index (χ3n) is 21.4. The molecular weight excluding hydrogens is 1370 g/mol. The van der Waals surface area contributed by atoms with Gasteiger partial charge >= 0.3 is 17.9 Å². The van der Waals surface area contributed by atoms with Crippen molar-refractivity contribution in [3.8, 4) is 56.5 Å². The number of fused-ring (bicyclic) bond motifs is 6. The van der Waals surface area contributed by atoms with Crippen molar-refractivity contribution in [1.29, 1.82) is 5.26 Å². The van der Waals surface area contributed by atoms with Crippen LogP contribution in [0.1, 0.15) is 86.7 Å². The number of carbonyl (C=O) groups is 3. The lowest BCUT2D eigenvalue weighted by Gasteiger charge is -2.42. The summed E-state index contributed by atoms with van der Waals surface area (Å²) in [5.41, 5.74) is 16.0. The first-order valence-corrected chi connectivity index (χ1v) is 34.9. The molecule has 0 radical (unpaired) electrons. The Bertz CT molecular complexity index is 5950. The van der Waals surface area contributed by atoms with Crippen LogP contribution in [0.2, 0.25) is 0 Å². The van der Waals surface area contributed by atoms with Gasteiger partial charge in [0.25, 0.3) is 0 Å². The first kappa shape index (κ1) is 68.9. The van der Waals surface area contributed by atoms with E-state index in [9.17, 15) is 48.1 Å². The molecule has 1 saturated carbocycles. The number of carboxylic acids is 3. The maximum absolute atomic E-state index is 14.0. The highest BCUT2D eigenvalue weighted by Crippen LogP contribution is 2.55. The van der Waals surface area contributed by atoms with Crippen molar-refractivity contribution >= 4 is 83.3 Å². The Morgan fingerprint density at radius 2 is 0.785 bits per heavy atom. The highest BCUT2D eigenvalue weighted by molar-refractivity contribution is 6.09. The maximum Gasteiger partial charge on any atom is 0.335 e. The van der Waals surface area contributed by atoms with Gasteiger partial charge < -0.3 is 48.0 Å². The molecule has 6 N–H and O–H groups in total. The summed E-state index contributed by atoms with van der Waals surface area (Å²) in [5.74, 6) is -3.87.